The summed E-state index contributed by atoms with van der Waals surface area (Å²) in [6, 6.07) is -0.857. The molecule has 0 bridgehead atoms. The summed E-state index contributed by atoms with van der Waals surface area (Å²) in [4.78, 5) is 37.5. The number of quaternary nitrogens is 1. The fourth-order valence-corrected chi connectivity index (χ4v) is 8.92. The van der Waals surface area contributed by atoms with Crippen molar-refractivity contribution in [1.29, 1.82) is 0 Å². The highest BCUT2D eigenvalue weighted by molar-refractivity contribution is 7.47. The lowest BCUT2D eigenvalue weighted by molar-refractivity contribution is -0.870. The predicted molar refractivity (Wildman–Crippen MR) is 314 cm³/mol. The number of carbonyl (C=O) groups excluding carboxylic acids is 2. The first-order valence-corrected chi connectivity index (χ1v) is 31.4. The van der Waals surface area contributed by atoms with Gasteiger partial charge in [0.2, 0.25) is 5.91 Å². The highest BCUT2D eigenvalue weighted by atomic mass is 31.2. The van der Waals surface area contributed by atoms with E-state index in [1.54, 1.807) is 0 Å². The molecule has 0 aliphatic carbocycles. The van der Waals surface area contributed by atoms with Gasteiger partial charge < -0.3 is 19.4 Å². The summed E-state index contributed by atoms with van der Waals surface area (Å²) in [5.41, 5.74) is 0. The van der Waals surface area contributed by atoms with E-state index in [2.05, 4.69) is 99.0 Å². The van der Waals surface area contributed by atoms with Crippen LogP contribution in [0.2, 0.25) is 0 Å². The van der Waals surface area contributed by atoms with Crippen molar-refractivity contribution >= 4 is 19.7 Å². The van der Waals surface area contributed by atoms with Gasteiger partial charge in [-0.1, -0.05) is 228 Å². The van der Waals surface area contributed by atoms with Crippen LogP contribution < -0.4 is 5.32 Å². The Morgan fingerprint density at radius 2 is 0.890 bits per heavy atom. The minimum atomic E-state index is -4.45. The summed E-state index contributed by atoms with van der Waals surface area (Å²) in [5.74, 6) is -0.527. The van der Waals surface area contributed by atoms with E-state index in [4.69, 9.17) is 13.8 Å². The number of phosphoric ester groups is 1. The maximum absolute atomic E-state index is 13.5. The second-order valence-electron chi connectivity index (χ2n) is 21.1. The molecular weight excluding hydrogens is 928 g/mol. The molecule has 422 valence electrons. The first-order valence-electron chi connectivity index (χ1n) is 29.9. The average Bonchev–Trinajstić information content (AvgIpc) is 3.35. The second kappa shape index (κ2) is 52.6. The molecule has 2 N–H and O–H groups in total. The number of nitrogens with zero attached hydrogens (tertiary/aromatic N) is 1. The van der Waals surface area contributed by atoms with E-state index in [1.807, 2.05) is 33.3 Å². The number of carbonyl (C=O) groups is 2. The second-order valence-corrected chi connectivity index (χ2v) is 22.6. The minimum Gasteiger partial charge on any atom is -0.456 e. The SMILES string of the molecule is CC/C=C\C/C=C\C/C=C\C/C=C\C/C=C\CCCCCCCCCCCC(=O)OC(/C=C\CCCCCCCCCCC)C(COP(=O)(O)OCC[N+](C)(C)C)NC(=O)CCCCCCC/C=C\CCCC. The number of unbranched alkanes of at least 4 members (excludes halogenated alkanes) is 25. The van der Waals surface area contributed by atoms with Gasteiger partial charge >= 0.3 is 13.8 Å². The molecule has 0 radical (unpaired) electrons. The third-order valence-corrected chi connectivity index (χ3v) is 13.8. The summed E-state index contributed by atoms with van der Waals surface area (Å²) in [5, 5.41) is 3.03. The normalized spacial score (nSPS) is 14.3. The standard InChI is InChI=1S/C63H113N2O7P/c1-7-10-13-16-19-22-25-26-27-28-29-30-31-32-33-34-35-36-37-38-41-44-47-50-53-56-63(67)72-61(54-51-48-45-42-39-23-20-17-14-11-8-2)60(59-71-73(68,69)70-58-57-65(4,5)6)64-62(66)55-52-49-46-43-40-24-21-18-15-12-9-3/h10,13,18-19,21-22,26-27,29-30,32-33,51,54,60-61H,7-9,11-12,14-17,20,23-25,28,31,34-50,52-53,55-59H2,1-6H3,(H-,64,66,68,69)/p+1/b13-10-,21-18-,22-19-,27-26-,30-29-,33-32-,54-51-. The third kappa shape index (κ3) is 53.8. The first-order chi connectivity index (χ1) is 35.4. The third-order valence-electron chi connectivity index (χ3n) is 12.8. The summed E-state index contributed by atoms with van der Waals surface area (Å²) in [7, 11) is 1.48. The number of ether oxygens (including phenoxy) is 1. The van der Waals surface area contributed by atoms with Crippen molar-refractivity contribution < 1.29 is 37.3 Å². The van der Waals surface area contributed by atoms with Gasteiger partial charge in [0, 0.05) is 12.8 Å². The summed E-state index contributed by atoms with van der Waals surface area (Å²) in [6.07, 6.45) is 68.7. The Kier molecular flexibility index (Phi) is 50.6. The number of nitrogens with one attached hydrogen (secondary N) is 1. The van der Waals surface area contributed by atoms with E-state index < -0.39 is 20.0 Å². The summed E-state index contributed by atoms with van der Waals surface area (Å²) < 4.78 is 30.6. The molecule has 0 saturated heterocycles. The maximum Gasteiger partial charge on any atom is 0.472 e. The smallest absolute Gasteiger partial charge is 0.456 e. The van der Waals surface area contributed by atoms with Crippen LogP contribution in [0.1, 0.15) is 252 Å². The Labute approximate surface area is 450 Å². The zero-order chi connectivity index (χ0) is 53.6. The molecule has 0 spiro atoms. The van der Waals surface area contributed by atoms with Gasteiger partial charge in [0.05, 0.1) is 33.8 Å². The number of allylic oxidation sites excluding steroid dienone is 13. The number of rotatable bonds is 53. The first kappa shape index (κ1) is 70.2. The van der Waals surface area contributed by atoms with Gasteiger partial charge in [0.25, 0.3) is 0 Å². The van der Waals surface area contributed by atoms with E-state index >= 15 is 0 Å². The average molecular weight is 1040 g/mol. The highest BCUT2D eigenvalue weighted by Crippen LogP contribution is 2.43. The summed E-state index contributed by atoms with van der Waals surface area (Å²) in [6.45, 7) is 6.83. The fraction of sp³-hybridized carbons (Fsp3) is 0.746. The predicted octanol–water partition coefficient (Wildman–Crippen LogP) is 18.2. The quantitative estimate of drug-likeness (QED) is 0.0205. The van der Waals surface area contributed by atoms with Crippen LogP contribution in [0.4, 0.5) is 0 Å². The molecule has 10 heteroatoms. The van der Waals surface area contributed by atoms with Gasteiger partial charge in [-0.05, 0) is 96.0 Å². The molecule has 1 amide bonds. The van der Waals surface area contributed by atoms with E-state index in [0.717, 1.165) is 128 Å². The molecular formula is C63H114N2O7P+. The van der Waals surface area contributed by atoms with Crippen LogP contribution in [0.15, 0.2) is 85.1 Å². The van der Waals surface area contributed by atoms with Crippen LogP contribution in [-0.2, 0) is 27.9 Å². The van der Waals surface area contributed by atoms with Gasteiger partial charge in [-0.15, -0.1) is 0 Å². The number of esters is 1. The Bertz CT molecular complexity index is 1530. The molecule has 0 aliphatic heterocycles. The molecule has 0 fully saturated rings. The maximum atomic E-state index is 13.5. The van der Waals surface area contributed by atoms with Crippen LogP contribution in [0, 0.1) is 0 Å². The van der Waals surface area contributed by atoms with Gasteiger partial charge in [-0.25, -0.2) is 4.57 Å². The number of phosphoric acid groups is 1. The van der Waals surface area contributed by atoms with Gasteiger partial charge in [-0.3, -0.25) is 18.6 Å². The topological polar surface area (TPSA) is 111 Å². The van der Waals surface area contributed by atoms with Gasteiger partial charge in [-0.2, -0.15) is 0 Å². The highest BCUT2D eigenvalue weighted by Gasteiger charge is 2.30. The monoisotopic (exact) mass is 1040 g/mol. The molecule has 0 aromatic rings. The van der Waals surface area contributed by atoms with Crippen molar-refractivity contribution in [3.63, 3.8) is 0 Å². The van der Waals surface area contributed by atoms with E-state index in [9.17, 15) is 19.0 Å². The lowest BCUT2D eigenvalue weighted by atomic mass is 10.0. The molecule has 0 heterocycles. The molecule has 0 aromatic carbocycles. The molecule has 0 aliphatic rings. The van der Waals surface area contributed by atoms with Gasteiger partial charge in [0.15, 0.2) is 0 Å². The van der Waals surface area contributed by atoms with Crippen molar-refractivity contribution in [1.82, 2.24) is 5.32 Å². The molecule has 0 aromatic heterocycles. The van der Waals surface area contributed by atoms with Crippen LogP contribution in [0.3, 0.4) is 0 Å². The van der Waals surface area contributed by atoms with E-state index in [-0.39, 0.29) is 31.5 Å². The van der Waals surface area contributed by atoms with Crippen LogP contribution in [0.25, 0.3) is 0 Å². The van der Waals surface area contributed by atoms with Crippen LogP contribution in [-0.4, -0.2) is 74.3 Å². The number of hydrogen-bond donors (Lipinski definition) is 2. The largest absolute Gasteiger partial charge is 0.472 e. The van der Waals surface area contributed by atoms with Crippen molar-refractivity contribution in [2.45, 2.75) is 264 Å². The molecule has 73 heavy (non-hydrogen) atoms. The molecule has 3 atom stereocenters. The molecule has 9 nitrogen and oxygen atoms in total. The Morgan fingerprint density at radius 3 is 1.37 bits per heavy atom. The van der Waals surface area contributed by atoms with Crippen molar-refractivity contribution in [3.05, 3.63) is 85.1 Å². The number of likely N-dealkylation sites (N-methyl/N-ethyl adjacent to an activating group) is 1. The van der Waals surface area contributed by atoms with Crippen molar-refractivity contribution in [2.24, 2.45) is 0 Å². The Balaban J connectivity index is 5.12. The van der Waals surface area contributed by atoms with Crippen molar-refractivity contribution in [2.75, 3.05) is 40.9 Å². The van der Waals surface area contributed by atoms with E-state index in [1.165, 1.54) is 89.9 Å². The lowest BCUT2D eigenvalue weighted by Crippen LogP contribution is -2.47. The lowest BCUT2D eigenvalue weighted by Gasteiger charge is -2.27. The number of amides is 1. The zero-order valence-electron chi connectivity index (χ0n) is 48.1. The summed E-state index contributed by atoms with van der Waals surface area (Å²) >= 11 is 0. The van der Waals surface area contributed by atoms with Crippen LogP contribution in [0.5, 0.6) is 0 Å². The van der Waals surface area contributed by atoms with Crippen LogP contribution >= 0.6 is 7.82 Å². The van der Waals surface area contributed by atoms with E-state index in [0.29, 0.717) is 17.4 Å². The van der Waals surface area contributed by atoms with Gasteiger partial charge in [0.1, 0.15) is 19.3 Å². The molecule has 0 rings (SSSR count). The van der Waals surface area contributed by atoms with Crippen molar-refractivity contribution in [3.8, 4) is 0 Å². The number of hydrogen-bond acceptors (Lipinski definition) is 6. The molecule has 0 saturated carbocycles. The minimum absolute atomic E-state index is 0.0347. The fourth-order valence-electron chi connectivity index (χ4n) is 8.18. The zero-order valence-corrected chi connectivity index (χ0v) is 49.0. The Hall–Kier alpha value is -2.81. The molecule has 3 unspecified atom stereocenters. The Morgan fingerprint density at radius 1 is 0.493 bits per heavy atom.